The lowest BCUT2D eigenvalue weighted by Crippen LogP contribution is -1.90. The van der Waals surface area contributed by atoms with E-state index in [0.717, 1.165) is 20.3 Å². The van der Waals surface area contributed by atoms with Gasteiger partial charge in [-0.3, -0.25) is 0 Å². The number of benzene rings is 2. The number of halogens is 2. The van der Waals surface area contributed by atoms with E-state index in [9.17, 15) is 0 Å². The second-order valence-electron chi connectivity index (χ2n) is 3.81. The molecule has 0 saturated heterocycles. The number of hydrogen-bond donors (Lipinski definition) is 1. The molecule has 0 aliphatic heterocycles. The van der Waals surface area contributed by atoms with Gasteiger partial charge in [-0.1, -0.05) is 22.0 Å². The maximum absolute atomic E-state index is 9.11. The highest BCUT2D eigenvalue weighted by molar-refractivity contribution is 9.10. The van der Waals surface area contributed by atoms with Crippen LogP contribution in [0.1, 0.15) is 5.56 Å². The molecule has 0 aliphatic carbocycles. The van der Waals surface area contributed by atoms with Crippen molar-refractivity contribution in [2.24, 2.45) is 0 Å². The Labute approximate surface area is 128 Å². The predicted octanol–water partition coefficient (Wildman–Crippen LogP) is 4.50. The molecule has 19 heavy (non-hydrogen) atoms. The molecule has 0 aliphatic rings. The monoisotopic (exact) mass is 386 g/mol. The second-order valence-corrected chi connectivity index (χ2v) is 5.52. The van der Waals surface area contributed by atoms with Gasteiger partial charge < -0.3 is 14.6 Å². The maximum atomic E-state index is 9.11. The van der Waals surface area contributed by atoms with Crippen LogP contribution in [0.25, 0.3) is 0 Å². The lowest BCUT2D eigenvalue weighted by atomic mass is 10.2. The molecule has 0 heterocycles. The highest BCUT2D eigenvalue weighted by Gasteiger charge is 2.06. The van der Waals surface area contributed by atoms with Gasteiger partial charge in [0.15, 0.2) is 0 Å². The van der Waals surface area contributed by atoms with Crippen molar-refractivity contribution in [3.63, 3.8) is 0 Å². The third kappa shape index (κ3) is 3.49. The van der Waals surface area contributed by atoms with Crippen molar-refractivity contribution in [1.29, 1.82) is 0 Å². The maximum Gasteiger partial charge on any atom is 0.141 e. The fraction of sp³-hybridized carbons (Fsp3) is 0.143. The van der Waals surface area contributed by atoms with Crippen molar-refractivity contribution in [3.05, 3.63) is 50.9 Å². The molecule has 0 amide bonds. The van der Waals surface area contributed by atoms with Crippen LogP contribution < -0.4 is 9.47 Å². The number of aliphatic hydroxyl groups excluding tert-OH is 1. The van der Waals surface area contributed by atoms with Gasteiger partial charge in [-0.15, -0.1) is 0 Å². The lowest BCUT2D eigenvalue weighted by molar-refractivity contribution is 0.281. The zero-order valence-electron chi connectivity index (χ0n) is 10.2. The van der Waals surface area contributed by atoms with E-state index in [1.54, 1.807) is 7.11 Å². The summed E-state index contributed by atoms with van der Waals surface area (Å²) in [5.41, 5.74) is 0.821. The molecule has 1 N–H and O–H groups in total. The Balaban J connectivity index is 2.23. The van der Waals surface area contributed by atoms with E-state index < -0.39 is 0 Å². The summed E-state index contributed by atoms with van der Waals surface area (Å²) in [6.45, 7) is -0.00685. The van der Waals surface area contributed by atoms with E-state index in [0.29, 0.717) is 11.5 Å². The molecule has 2 aromatic rings. The van der Waals surface area contributed by atoms with Gasteiger partial charge in [-0.25, -0.2) is 0 Å². The summed E-state index contributed by atoms with van der Waals surface area (Å²) in [6.07, 6.45) is 0. The molecule has 2 rings (SSSR count). The third-order valence-corrected chi connectivity index (χ3v) is 3.92. The first-order valence-corrected chi connectivity index (χ1v) is 7.13. The van der Waals surface area contributed by atoms with Crippen LogP contribution >= 0.6 is 31.9 Å². The number of rotatable bonds is 4. The summed E-state index contributed by atoms with van der Waals surface area (Å²) in [7, 11) is 1.62. The van der Waals surface area contributed by atoms with Gasteiger partial charge in [-0.2, -0.15) is 0 Å². The van der Waals surface area contributed by atoms with Gasteiger partial charge >= 0.3 is 0 Å². The summed E-state index contributed by atoms with van der Waals surface area (Å²) in [5.74, 6) is 2.15. The van der Waals surface area contributed by atoms with Crippen molar-refractivity contribution < 1.29 is 14.6 Å². The number of ether oxygens (including phenoxy) is 2. The normalized spacial score (nSPS) is 10.3. The third-order valence-electron chi connectivity index (χ3n) is 2.56. The Bertz CT molecular complexity index is 585. The van der Waals surface area contributed by atoms with E-state index in [4.69, 9.17) is 14.6 Å². The Morgan fingerprint density at radius 1 is 1.00 bits per heavy atom. The quantitative estimate of drug-likeness (QED) is 0.838. The molecular formula is C14H12Br2O3. The first-order chi connectivity index (χ1) is 9.13. The van der Waals surface area contributed by atoms with Gasteiger partial charge in [0.1, 0.15) is 17.2 Å². The van der Waals surface area contributed by atoms with Crippen LogP contribution in [0, 0.1) is 0 Å². The summed E-state index contributed by atoms with van der Waals surface area (Å²) in [4.78, 5) is 0. The summed E-state index contributed by atoms with van der Waals surface area (Å²) in [6, 6.07) is 11.0. The van der Waals surface area contributed by atoms with Crippen LogP contribution in [-0.2, 0) is 6.61 Å². The van der Waals surface area contributed by atoms with E-state index in [1.165, 1.54) is 0 Å². The standard InChI is InChI=1S/C14H12Br2O3/c1-18-10-4-5-14(13(16)6-10)19-11-3-2-9(8-17)12(15)7-11/h2-7,17H,8H2,1H3. The molecular weight excluding hydrogens is 376 g/mol. The van der Waals surface area contributed by atoms with Crippen molar-refractivity contribution in [2.45, 2.75) is 6.61 Å². The molecule has 0 fully saturated rings. The molecule has 2 aromatic carbocycles. The molecule has 0 radical (unpaired) electrons. The topological polar surface area (TPSA) is 38.7 Å². The molecule has 0 bridgehead atoms. The van der Waals surface area contributed by atoms with Gasteiger partial charge in [0, 0.05) is 4.47 Å². The lowest BCUT2D eigenvalue weighted by Gasteiger charge is -2.10. The predicted molar refractivity (Wildman–Crippen MR) is 80.8 cm³/mol. The Kier molecular flexibility index (Phi) is 4.85. The van der Waals surface area contributed by atoms with E-state index >= 15 is 0 Å². The van der Waals surface area contributed by atoms with Gasteiger partial charge in [0.05, 0.1) is 18.2 Å². The smallest absolute Gasteiger partial charge is 0.141 e. The largest absolute Gasteiger partial charge is 0.497 e. The van der Waals surface area contributed by atoms with Crippen LogP contribution in [0.2, 0.25) is 0 Å². The fourth-order valence-corrected chi connectivity index (χ4v) is 2.46. The highest BCUT2D eigenvalue weighted by atomic mass is 79.9. The van der Waals surface area contributed by atoms with Gasteiger partial charge in [0.2, 0.25) is 0 Å². The number of hydrogen-bond acceptors (Lipinski definition) is 3. The fourth-order valence-electron chi connectivity index (χ4n) is 1.54. The van der Waals surface area contributed by atoms with Crippen LogP contribution in [0.3, 0.4) is 0 Å². The van der Waals surface area contributed by atoms with E-state index in [-0.39, 0.29) is 6.61 Å². The molecule has 0 aromatic heterocycles. The zero-order valence-corrected chi connectivity index (χ0v) is 13.4. The summed E-state index contributed by atoms with van der Waals surface area (Å²) in [5, 5.41) is 9.11. The molecule has 0 unspecified atom stereocenters. The van der Waals surface area contributed by atoms with Crippen molar-refractivity contribution in [1.82, 2.24) is 0 Å². The van der Waals surface area contributed by atoms with Crippen LogP contribution in [-0.4, -0.2) is 12.2 Å². The summed E-state index contributed by atoms with van der Waals surface area (Å²) < 4.78 is 12.5. The van der Waals surface area contributed by atoms with Crippen molar-refractivity contribution in [2.75, 3.05) is 7.11 Å². The van der Waals surface area contributed by atoms with Crippen molar-refractivity contribution in [3.8, 4) is 17.2 Å². The van der Waals surface area contributed by atoms with Crippen LogP contribution in [0.5, 0.6) is 17.2 Å². The first-order valence-electron chi connectivity index (χ1n) is 5.54. The minimum atomic E-state index is -0.00685. The second kappa shape index (κ2) is 6.41. The van der Waals surface area contributed by atoms with Gasteiger partial charge in [0.25, 0.3) is 0 Å². The molecule has 5 heteroatoms. The van der Waals surface area contributed by atoms with Crippen LogP contribution in [0.4, 0.5) is 0 Å². The molecule has 100 valence electrons. The van der Waals surface area contributed by atoms with Crippen LogP contribution in [0.15, 0.2) is 45.3 Å². The SMILES string of the molecule is COc1ccc(Oc2ccc(CO)c(Br)c2)c(Br)c1. The zero-order chi connectivity index (χ0) is 13.8. The molecule has 0 atom stereocenters. The highest BCUT2D eigenvalue weighted by Crippen LogP contribution is 2.34. The molecule has 0 saturated carbocycles. The first kappa shape index (κ1) is 14.4. The number of aliphatic hydroxyl groups is 1. The Hall–Kier alpha value is -1.04. The number of methoxy groups -OCH3 is 1. The minimum Gasteiger partial charge on any atom is -0.497 e. The molecule has 0 spiro atoms. The Morgan fingerprint density at radius 3 is 2.26 bits per heavy atom. The van der Waals surface area contributed by atoms with E-state index in [2.05, 4.69) is 31.9 Å². The summed E-state index contributed by atoms with van der Waals surface area (Å²) >= 11 is 6.83. The van der Waals surface area contributed by atoms with E-state index in [1.807, 2.05) is 36.4 Å². The minimum absolute atomic E-state index is 0.00685. The van der Waals surface area contributed by atoms with Crippen molar-refractivity contribution >= 4 is 31.9 Å². The van der Waals surface area contributed by atoms with Gasteiger partial charge in [-0.05, 0) is 51.8 Å². The Morgan fingerprint density at radius 2 is 1.68 bits per heavy atom. The average molecular weight is 388 g/mol. The average Bonchev–Trinajstić information content (AvgIpc) is 2.41. The molecule has 3 nitrogen and oxygen atoms in total.